The molecule has 2 fully saturated rings. The summed E-state index contributed by atoms with van der Waals surface area (Å²) in [5, 5.41) is 3.50. The zero-order chi connectivity index (χ0) is 22.3. The zero-order valence-corrected chi connectivity index (χ0v) is 19.3. The molecule has 1 aromatic carbocycles. The van der Waals surface area contributed by atoms with E-state index in [1.54, 1.807) is 0 Å². The van der Waals surface area contributed by atoms with Crippen molar-refractivity contribution in [3.63, 3.8) is 0 Å². The van der Waals surface area contributed by atoms with Gasteiger partial charge in [-0.25, -0.2) is 9.37 Å². The Kier molecular flexibility index (Phi) is 7.63. The molecule has 2 aliphatic rings. The fraction of sp³-hybridized carbons (Fsp3) is 0.583. The summed E-state index contributed by atoms with van der Waals surface area (Å²) in [5.74, 6) is 1.47. The number of nitrogens with one attached hydrogen (secondary N) is 1. The van der Waals surface area contributed by atoms with E-state index >= 15 is 0 Å². The third-order valence-corrected chi connectivity index (χ3v) is 6.70. The van der Waals surface area contributed by atoms with E-state index < -0.39 is 0 Å². The van der Waals surface area contributed by atoms with Crippen LogP contribution in [-0.2, 0) is 0 Å². The third-order valence-electron chi connectivity index (χ3n) is 6.70. The largest absolute Gasteiger partial charge is 0.369 e. The number of likely N-dealkylation sites (tertiary alicyclic amines) is 1. The third kappa shape index (κ3) is 5.59. The summed E-state index contributed by atoms with van der Waals surface area (Å²) < 4.78 is 15.4. The van der Waals surface area contributed by atoms with Crippen LogP contribution in [0.1, 0.15) is 26.3 Å². The van der Waals surface area contributed by atoms with Crippen LogP contribution in [0.2, 0.25) is 0 Å². The van der Waals surface area contributed by atoms with Crippen molar-refractivity contribution in [3.05, 3.63) is 48.8 Å². The van der Waals surface area contributed by atoms with Gasteiger partial charge in [-0.05, 0) is 43.5 Å². The van der Waals surface area contributed by atoms with E-state index in [2.05, 4.69) is 49.6 Å². The second-order valence-corrected chi connectivity index (χ2v) is 8.83. The molecule has 1 N–H and O–H groups in total. The standard InChI is InChI=1S/C24H36FN7/c1-3-27-24(31-11-8-20(2)23(18-31)32-13-9-26-19-32)28-10-12-29-14-16-30(17-15-29)22-6-4-21(25)5-7-22/h4-7,9,13,19-20,23H,3,8,10-12,14-18H2,1-2H3,(H,27,28). The Labute approximate surface area is 190 Å². The van der Waals surface area contributed by atoms with Crippen LogP contribution < -0.4 is 10.2 Å². The van der Waals surface area contributed by atoms with Gasteiger partial charge in [-0.2, -0.15) is 0 Å². The summed E-state index contributed by atoms with van der Waals surface area (Å²) >= 11 is 0. The molecule has 0 amide bonds. The first-order valence-electron chi connectivity index (χ1n) is 11.9. The molecular formula is C24H36FN7. The maximum Gasteiger partial charge on any atom is 0.194 e. The average Bonchev–Trinajstić information content (AvgIpc) is 3.35. The lowest BCUT2D eigenvalue weighted by Crippen LogP contribution is -2.49. The zero-order valence-electron chi connectivity index (χ0n) is 19.3. The Morgan fingerprint density at radius 2 is 1.94 bits per heavy atom. The van der Waals surface area contributed by atoms with Gasteiger partial charge in [0.05, 0.1) is 18.9 Å². The summed E-state index contributed by atoms with van der Waals surface area (Å²) in [6.07, 6.45) is 7.01. The van der Waals surface area contributed by atoms with Gasteiger partial charge < -0.3 is 19.7 Å². The molecule has 8 heteroatoms. The summed E-state index contributed by atoms with van der Waals surface area (Å²) in [6.45, 7) is 13.0. The van der Waals surface area contributed by atoms with Gasteiger partial charge in [0.25, 0.3) is 0 Å². The number of halogens is 1. The molecule has 3 heterocycles. The lowest BCUT2D eigenvalue weighted by molar-refractivity contribution is 0.188. The second kappa shape index (κ2) is 10.8. The maximum atomic E-state index is 13.2. The minimum absolute atomic E-state index is 0.179. The Balaban J connectivity index is 1.29. The van der Waals surface area contributed by atoms with Crippen molar-refractivity contribution in [1.82, 2.24) is 24.7 Å². The highest BCUT2D eigenvalue weighted by molar-refractivity contribution is 5.80. The number of aliphatic imine (C=N–C) groups is 1. The Morgan fingerprint density at radius 3 is 2.62 bits per heavy atom. The first kappa shape index (κ1) is 22.6. The van der Waals surface area contributed by atoms with Crippen LogP contribution in [0.5, 0.6) is 0 Å². The topological polar surface area (TPSA) is 51.9 Å². The van der Waals surface area contributed by atoms with E-state index in [1.165, 1.54) is 12.1 Å². The minimum Gasteiger partial charge on any atom is -0.369 e. The molecule has 2 saturated heterocycles. The molecule has 0 spiro atoms. The number of hydrogen-bond acceptors (Lipinski definition) is 4. The van der Waals surface area contributed by atoms with Gasteiger partial charge in [-0.15, -0.1) is 0 Å². The quantitative estimate of drug-likeness (QED) is 0.552. The highest BCUT2D eigenvalue weighted by Gasteiger charge is 2.29. The van der Waals surface area contributed by atoms with Gasteiger partial charge in [0, 0.05) is 70.4 Å². The van der Waals surface area contributed by atoms with E-state index in [-0.39, 0.29) is 5.82 Å². The summed E-state index contributed by atoms with van der Waals surface area (Å²) in [5.41, 5.74) is 1.10. The number of imidazole rings is 1. The predicted molar refractivity (Wildman–Crippen MR) is 128 cm³/mol. The predicted octanol–water partition coefficient (Wildman–Crippen LogP) is 2.69. The number of nitrogens with zero attached hydrogens (tertiary/aromatic N) is 6. The minimum atomic E-state index is -0.179. The summed E-state index contributed by atoms with van der Waals surface area (Å²) in [4.78, 5) is 16.4. The Bertz CT molecular complexity index is 844. The Morgan fingerprint density at radius 1 is 1.16 bits per heavy atom. The SMILES string of the molecule is CCNC(=NCCN1CCN(c2ccc(F)cc2)CC1)N1CCC(C)C(n2ccnc2)C1. The molecule has 0 radical (unpaired) electrons. The van der Waals surface area contributed by atoms with E-state index in [1.807, 2.05) is 24.7 Å². The monoisotopic (exact) mass is 441 g/mol. The number of hydrogen-bond donors (Lipinski definition) is 1. The highest BCUT2D eigenvalue weighted by atomic mass is 19.1. The molecule has 4 rings (SSSR count). The molecule has 7 nitrogen and oxygen atoms in total. The number of piperidine rings is 1. The molecular weight excluding hydrogens is 405 g/mol. The number of guanidine groups is 1. The van der Waals surface area contributed by atoms with E-state index in [9.17, 15) is 4.39 Å². The number of anilines is 1. The average molecular weight is 442 g/mol. The van der Waals surface area contributed by atoms with Crippen LogP contribution >= 0.6 is 0 Å². The van der Waals surface area contributed by atoms with Crippen LogP contribution in [0.15, 0.2) is 48.0 Å². The lowest BCUT2D eigenvalue weighted by Gasteiger charge is -2.39. The highest BCUT2D eigenvalue weighted by Crippen LogP contribution is 2.27. The number of rotatable bonds is 6. The van der Waals surface area contributed by atoms with Gasteiger partial charge in [0.1, 0.15) is 5.82 Å². The molecule has 0 saturated carbocycles. The smallest absolute Gasteiger partial charge is 0.194 e. The fourth-order valence-electron chi connectivity index (χ4n) is 4.70. The van der Waals surface area contributed by atoms with Crippen molar-refractivity contribution in [2.75, 3.05) is 63.8 Å². The van der Waals surface area contributed by atoms with Gasteiger partial charge in [-0.3, -0.25) is 9.89 Å². The van der Waals surface area contributed by atoms with Crippen LogP contribution in [0.4, 0.5) is 10.1 Å². The summed E-state index contributed by atoms with van der Waals surface area (Å²) in [6, 6.07) is 7.24. The van der Waals surface area contributed by atoms with Crippen molar-refractivity contribution >= 4 is 11.6 Å². The van der Waals surface area contributed by atoms with Gasteiger partial charge in [0.15, 0.2) is 5.96 Å². The van der Waals surface area contributed by atoms with E-state index in [0.717, 1.165) is 77.0 Å². The lowest BCUT2D eigenvalue weighted by atomic mass is 9.93. The van der Waals surface area contributed by atoms with Crippen molar-refractivity contribution < 1.29 is 4.39 Å². The van der Waals surface area contributed by atoms with Crippen LogP contribution in [0, 0.1) is 11.7 Å². The van der Waals surface area contributed by atoms with E-state index in [0.29, 0.717) is 12.0 Å². The molecule has 0 bridgehead atoms. The molecule has 2 unspecified atom stereocenters. The molecule has 2 atom stereocenters. The molecule has 174 valence electrons. The van der Waals surface area contributed by atoms with Crippen LogP contribution in [0.25, 0.3) is 0 Å². The normalized spacial score (nSPS) is 22.9. The Hall–Kier alpha value is -2.61. The number of benzene rings is 1. The van der Waals surface area contributed by atoms with Crippen molar-refractivity contribution in [2.24, 2.45) is 10.9 Å². The van der Waals surface area contributed by atoms with Gasteiger partial charge in [0.2, 0.25) is 0 Å². The summed E-state index contributed by atoms with van der Waals surface area (Å²) in [7, 11) is 0. The number of aromatic nitrogens is 2. The first-order valence-corrected chi connectivity index (χ1v) is 11.9. The second-order valence-electron chi connectivity index (χ2n) is 8.83. The van der Waals surface area contributed by atoms with Crippen molar-refractivity contribution in [1.29, 1.82) is 0 Å². The van der Waals surface area contributed by atoms with E-state index in [4.69, 9.17) is 4.99 Å². The van der Waals surface area contributed by atoms with Crippen LogP contribution in [-0.4, -0.2) is 84.2 Å². The first-order chi connectivity index (χ1) is 15.6. The molecule has 0 aliphatic carbocycles. The molecule has 2 aromatic rings. The van der Waals surface area contributed by atoms with Crippen LogP contribution in [0.3, 0.4) is 0 Å². The van der Waals surface area contributed by atoms with Gasteiger partial charge in [-0.1, -0.05) is 6.92 Å². The molecule has 32 heavy (non-hydrogen) atoms. The fourth-order valence-corrected chi connectivity index (χ4v) is 4.70. The van der Waals surface area contributed by atoms with Crippen molar-refractivity contribution in [2.45, 2.75) is 26.3 Å². The molecule has 2 aliphatic heterocycles. The van der Waals surface area contributed by atoms with Gasteiger partial charge >= 0.3 is 0 Å². The van der Waals surface area contributed by atoms with Crippen molar-refractivity contribution in [3.8, 4) is 0 Å². The molecule has 1 aromatic heterocycles. The maximum absolute atomic E-state index is 13.2. The number of piperazine rings is 1.